The second-order valence-electron chi connectivity index (χ2n) is 7.61. The molecule has 0 radical (unpaired) electrons. The van der Waals surface area contributed by atoms with Gasteiger partial charge in [-0.05, 0) is 38.3 Å². The summed E-state index contributed by atoms with van der Waals surface area (Å²) in [5, 5.41) is 2.81. The summed E-state index contributed by atoms with van der Waals surface area (Å²) in [6.07, 6.45) is 1.08. The summed E-state index contributed by atoms with van der Waals surface area (Å²) in [7, 11) is 0. The van der Waals surface area contributed by atoms with Crippen molar-refractivity contribution in [3.05, 3.63) is 58.4 Å². The van der Waals surface area contributed by atoms with Gasteiger partial charge in [-0.3, -0.25) is 14.5 Å². The van der Waals surface area contributed by atoms with Crippen LogP contribution >= 0.6 is 0 Å². The smallest absolute Gasteiger partial charge is 0.340 e. The molecule has 0 saturated carbocycles. The first-order valence-corrected chi connectivity index (χ1v) is 10.4. The minimum atomic E-state index is -1.19. The molecule has 8 nitrogen and oxygen atoms in total. The van der Waals surface area contributed by atoms with E-state index in [1.807, 2.05) is 25.1 Å². The maximum absolute atomic E-state index is 13.4. The first kappa shape index (κ1) is 22.3. The normalized spacial score (nSPS) is 18.3. The van der Waals surface area contributed by atoms with Crippen LogP contribution in [0.25, 0.3) is 0 Å². The third-order valence-electron chi connectivity index (χ3n) is 5.56. The number of aryl methyl sites for hydroxylation is 1. The van der Waals surface area contributed by atoms with E-state index in [1.54, 1.807) is 32.9 Å². The molecule has 3 rings (SSSR count). The topological polar surface area (TPSA) is 109 Å². The second-order valence-corrected chi connectivity index (χ2v) is 7.61. The Kier molecular flexibility index (Phi) is 6.29. The highest BCUT2D eigenvalue weighted by Gasteiger charge is 2.52. The van der Waals surface area contributed by atoms with E-state index in [4.69, 9.17) is 4.74 Å². The Morgan fingerprint density at radius 1 is 1.10 bits per heavy atom. The molecule has 164 valence electrons. The number of esters is 1. The fourth-order valence-electron chi connectivity index (χ4n) is 4.14. The summed E-state index contributed by atoms with van der Waals surface area (Å²) in [4.78, 5) is 55.1. The maximum atomic E-state index is 13.4. The number of aromatic nitrogens is 1. The van der Waals surface area contributed by atoms with E-state index >= 15 is 0 Å². The van der Waals surface area contributed by atoms with Gasteiger partial charge >= 0.3 is 12.0 Å². The van der Waals surface area contributed by atoms with Gasteiger partial charge in [0.2, 0.25) is 0 Å². The van der Waals surface area contributed by atoms with E-state index in [9.17, 15) is 19.2 Å². The van der Waals surface area contributed by atoms with Gasteiger partial charge < -0.3 is 15.0 Å². The molecule has 1 fully saturated rings. The minimum absolute atomic E-state index is 0.189. The van der Waals surface area contributed by atoms with Gasteiger partial charge in [0.05, 0.1) is 24.4 Å². The number of nitrogens with one attached hydrogen (secondary N) is 2. The number of carbonyl (C=O) groups is 4. The number of ketones is 1. The largest absolute Gasteiger partial charge is 0.462 e. The number of urea groups is 1. The second kappa shape index (κ2) is 8.75. The molecule has 0 bridgehead atoms. The molecule has 2 aromatic rings. The zero-order chi connectivity index (χ0) is 22.8. The number of H-pyrrole nitrogens is 1. The average Bonchev–Trinajstić information content (AvgIpc) is 3.17. The summed E-state index contributed by atoms with van der Waals surface area (Å²) in [6.45, 7) is 6.74. The van der Waals surface area contributed by atoms with E-state index < -0.39 is 35.8 Å². The quantitative estimate of drug-likeness (QED) is 0.383. The van der Waals surface area contributed by atoms with Crippen LogP contribution in [0.3, 0.4) is 0 Å². The van der Waals surface area contributed by atoms with Crippen LogP contribution in [0.4, 0.5) is 4.79 Å². The molecule has 1 aromatic carbocycles. The number of hydrogen-bond donors (Lipinski definition) is 2. The molecular formula is C23H27N3O5. The van der Waals surface area contributed by atoms with Crippen molar-refractivity contribution in [2.45, 2.75) is 46.1 Å². The number of aromatic amines is 1. The number of amides is 3. The number of ether oxygens (including phenoxy) is 1. The Balaban J connectivity index is 1.89. The van der Waals surface area contributed by atoms with Crippen LogP contribution in [0.1, 0.15) is 64.4 Å². The summed E-state index contributed by atoms with van der Waals surface area (Å²) in [5.41, 5.74) is 0.920. The zero-order valence-electron chi connectivity index (χ0n) is 18.2. The van der Waals surface area contributed by atoms with Gasteiger partial charge in [0.1, 0.15) is 5.54 Å². The lowest BCUT2D eigenvalue weighted by Gasteiger charge is -2.26. The van der Waals surface area contributed by atoms with Gasteiger partial charge in [0.15, 0.2) is 5.78 Å². The number of benzene rings is 1. The molecule has 3 amide bonds. The van der Waals surface area contributed by atoms with Crippen LogP contribution < -0.4 is 5.32 Å². The molecule has 1 atom stereocenters. The minimum Gasteiger partial charge on any atom is -0.462 e. The van der Waals surface area contributed by atoms with Gasteiger partial charge in [-0.25, -0.2) is 9.59 Å². The van der Waals surface area contributed by atoms with Crippen molar-refractivity contribution in [2.75, 3.05) is 13.2 Å². The van der Waals surface area contributed by atoms with Crippen molar-refractivity contribution < 1.29 is 23.9 Å². The lowest BCUT2D eigenvalue weighted by atomic mass is 9.85. The van der Waals surface area contributed by atoms with Crippen LogP contribution in [0, 0.1) is 13.8 Å². The lowest BCUT2D eigenvalue weighted by molar-refractivity contribution is -0.131. The standard InChI is InChI=1S/C23H27N3O5/c1-5-12-23(16-10-8-7-9-11-16)21(29)26(22(30)25-23)13-17(27)19-14(3)18(15(4)24-19)20(28)31-6-2/h7-11,24H,5-6,12-13H2,1-4H3,(H,25,30)/t23-/m0/s1. The van der Waals surface area contributed by atoms with Crippen LogP contribution in [-0.2, 0) is 15.1 Å². The molecule has 1 aliphatic rings. The number of imide groups is 1. The summed E-state index contributed by atoms with van der Waals surface area (Å²) >= 11 is 0. The van der Waals surface area contributed by atoms with Crippen molar-refractivity contribution in [3.63, 3.8) is 0 Å². The predicted molar refractivity (Wildman–Crippen MR) is 114 cm³/mol. The Bertz CT molecular complexity index is 1030. The molecule has 1 aromatic heterocycles. The first-order chi connectivity index (χ1) is 14.8. The third kappa shape index (κ3) is 3.85. The summed E-state index contributed by atoms with van der Waals surface area (Å²) in [6, 6.07) is 8.43. The summed E-state index contributed by atoms with van der Waals surface area (Å²) in [5.74, 6) is -1.43. The van der Waals surface area contributed by atoms with Crippen LogP contribution in [0.5, 0.6) is 0 Å². The predicted octanol–water partition coefficient (Wildman–Crippen LogP) is 3.24. The van der Waals surface area contributed by atoms with E-state index in [-0.39, 0.29) is 12.3 Å². The van der Waals surface area contributed by atoms with Crippen LogP contribution in [0.15, 0.2) is 30.3 Å². The molecular weight excluding hydrogens is 398 g/mol. The van der Waals surface area contributed by atoms with Gasteiger partial charge in [-0.1, -0.05) is 43.7 Å². The maximum Gasteiger partial charge on any atom is 0.340 e. The Morgan fingerprint density at radius 2 is 1.77 bits per heavy atom. The number of rotatable bonds is 8. The van der Waals surface area contributed by atoms with Crippen LogP contribution in [-0.4, -0.2) is 46.7 Å². The van der Waals surface area contributed by atoms with Gasteiger partial charge in [-0.2, -0.15) is 0 Å². The van der Waals surface area contributed by atoms with E-state index in [1.165, 1.54) is 0 Å². The van der Waals surface area contributed by atoms with E-state index in [0.717, 1.165) is 4.90 Å². The number of hydrogen-bond acceptors (Lipinski definition) is 5. The number of carbonyl (C=O) groups excluding carboxylic acids is 4. The van der Waals surface area contributed by atoms with E-state index in [2.05, 4.69) is 10.3 Å². The van der Waals surface area contributed by atoms with Crippen molar-refractivity contribution in [1.82, 2.24) is 15.2 Å². The Morgan fingerprint density at radius 3 is 2.39 bits per heavy atom. The fourth-order valence-corrected chi connectivity index (χ4v) is 4.14. The fraction of sp³-hybridized carbons (Fsp3) is 0.391. The zero-order valence-corrected chi connectivity index (χ0v) is 18.2. The van der Waals surface area contributed by atoms with Gasteiger partial charge in [0, 0.05) is 5.69 Å². The highest BCUT2D eigenvalue weighted by Crippen LogP contribution is 2.34. The molecule has 2 N–H and O–H groups in total. The molecule has 1 aliphatic heterocycles. The average molecular weight is 425 g/mol. The Labute approximate surface area is 181 Å². The van der Waals surface area contributed by atoms with Crippen LogP contribution in [0.2, 0.25) is 0 Å². The van der Waals surface area contributed by atoms with E-state index in [0.29, 0.717) is 35.2 Å². The van der Waals surface area contributed by atoms with Gasteiger partial charge in [-0.15, -0.1) is 0 Å². The molecule has 1 saturated heterocycles. The molecule has 0 spiro atoms. The number of nitrogens with zero attached hydrogens (tertiary/aromatic N) is 1. The summed E-state index contributed by atoms with van der Waals surface area (Å²) < 4.78 is 5.05. The monoisotopic (exact) mass is 425 g/mol. The Hall–Kier alpha value is -3.42. The molecule has 8 heteroatoms. The van der Waals surface area contributed by atoms with Crippen molar-refractivity contribution in [3.8, 4) is 0 Å². The molecule has 2 heterocycles. The van der Waals surface area contributed by atoms with Gasteiger partial charge in [0.25, 0.3) is 5.91 Å². The first-order valence-electron chi connectivity index (χ1n) is 10.4. The highest BCUT2D eigenvalue weighted by molar-refractivity contribution is 6.12. The molecule has 0 unspecified atom stereocenters. The molecule has 31 heavy (non-hydrogen) atoms. The van der Waals surface area contributed by atoms with Crippen molar-refractivity contribution in [2.24, 2.45) is 0 Å². The highest BCUT2D eigenvalue weighted by atomic mass is 16.5. The number of Topliss-reactive ketones (excluding diaryl/α,β-unsaturated/α-hetero) is 1. The van der Waals surface area contributed by atoms with Crippen molar-refractivity contribution in [1.29, 1.82) is 0 Å². The molecule has 0 aliphatic carbocycles. The van der Waals surface area contributed by atoms with Crippen molar-refractivity contribution >= 4 is 23.7 Å². The third-order valence-corrected chi connectivity index (χ3v) is 5.56. The SMILES string of the molecule is CCC[C@@]1(c2ccccc2)NC(=O)N(CC(=O)c2[nH]c(C)c(C(=O)OCC)c2C)C1=O. The lowest BCUT2D eigenvalue weighted by Crippen LogP contribution is -2.44.